The predicted molar refractivity (Wildman–Crippen MR) is 111 cm³/mol. The van der Waals surface area contributed by atoms with Gasteiger partial charge in [0.25, 0.3) is 0 Å². The lowest BCUT2D eigenvalue weighted by molar-refractivity contribution is -0.127. The second kappa shape index (κ2) is 9.30. The highest BCUT2D eigenvalue weighted by Gasteiger charge is 2.33. The summed E-state index contributed by atoms with van der Waals surface area (Å²) >= 11 is 12.1. The topological polar surface area (TPSA) is 69.7 Å². The van der Waals surface area contributed by atoms with E-state index in [-0.39, 0.29) is 32.9 Å². The summed E-state index contributed by atoms with van der Waals surface area (Å²) in [6.45, 7) is 3.50. The van der Waals surface area contributed by atoms with E-state index in [0.717, 1.165) is 12.8 Å². The number of piperazine rings is 1. The standard InChI is InChI=1S/C19H27Cl2N3O3S/c1-14(19(25)22-15-6-3-2-4-7-15)23-10-12-24(13-11-23)28(26,27)17-9-5-8-16(20)18(17)21/h5,8-9,14-15H,2-4,6-7,10-13H2,1H3,(H,22,25). The number of hydrogen-bond acceptors (Lipinski definition) is 4. The van der Waals surface area contributed by atoms with E-state index < -0.39 is 10.0 Å². The SMILES string of the molecule is CC(C(=O)NC1CCCCC1)N1CCN(S(=O)(=O)c2cccc(Cl)c2Cl)CC1. The molecule has 0 spiro atoms. The molecule has 0 aromatic heterocycles. The number of rotatable bonds is 5. The van der Waals surface area contributed by atoms with Crippen molar-refractivity contribution in [1.82, 2.24) is 14.5 Å². The number of nitrogens with zero attached hydrogens (tertiary/aromatic N) is 2. The first-order valence-corrected chi connectivity index (χ1v) is 12.0. The van der Waals surface area contributed by atoms with Crippen LogP contribution in [0, 0.1) is 0 Å². The van der Waals surface area contributed by atoms with Crippen molar-refractivity contribution in [3.05, 3.63) is 28.2 Å². The number of amides is 1. The molecular formula is C19H27Cl2N3O3S. The molecule has 0 bridgehead atoms. The average molecular weight is 448 g/mol. The Kier molecular flexibility index (Phi) is 7.26. The first kappa shape index (κ1) is 21.8. The number of sulfonamides is 1. The van der Waals surface area contributed by atoms with E-state index in [2.05, 4.69) is 5.32 Å². The lowest BCUT2D eigenvalue weighted by Crippen LogP contribution is -2.55. The van der Waals surface area contributed by atoms with Gasteiger partial charge in [0.1, 0.15) is 4.90 Å². The van der Waals surface area contributed by atoms with E-state index >= 15 is 0 Å². The van der Waals surface area contributed by atoms with E-state index in [1.807, 2.05) is 11.8 Å². The number of nitrogens with one attached hydrogen (secondary N) is 1. The molecule has 1 amide bonds. The summed E-state index contributed by atoms with van der Waals surface area (Å²) in [6, 6.07) is 4.61. The van der Waals surface area contributed by atoms with Gasteiger partial charge in [0.15, 0.2) is 0 Å². The van der Waals surface area contributed by atoms with Crippen LogP contribution in [0.4, 0.5) is 0 Å². The highest BCUT2D eigenvalue weighted by molar-refractivity contribution is 7.89. The smallest absolute Gasteiger partial charge is 0.244 e. The summed E-state index contributed by atoms with van der Waals surface area (Å²) in [5.41, 5.74) is 0. The minimum Gasteiger partial charge on any atom is -0.352 e. The van der Waals surface area contributed by atoms with Crippen molar-refractivity contribution >= 4 is 39.1 Å². The first-order chi connectivity index (χ1) is 13.3. The number of benzene rings is 1. The van der Waals surface area contributed by atoms with E-state index in [1.165, 1.54) is 29.6 Å². The predicted octanol–water partition coefficient (Wildman–Crippen LogP) is 3.14. The first-order valence-electron chi connectivity index (χ1n) is 9.79. The third-order valence-electron chi connectivity index (χ3n) is 5.69. The minimum absolute atomic E-state index is 0.0261. The van der Waals surface area contributed by atoms with Gasteiger partial charge in [-0.05, 0) is 31.9 Å². The van der Waals surface area contributed by atoms with Crippen molar-refractivity contribution < 1.29 is 13.2 Å². The number of carbonyl (C=O) groups excluding carboxylic acids is 1. The maximum absolute atomic E-state index is 12.9. The summed E-state index contributed by atoms with van der Waals surface area (Å²) in [4.78, 5) is 14.6. The van der Waals surface area contributed by atoms with Gasteiger partial charge >= 0.3 is 0 Å². The van der Waals surface area contributed by atoms with E-state index in [1.54, 1.807) is 12.1 Å². The number of hydrogen-bond donors (Lipinski definition) is 1. The van der Waals surface area contributed by atoms with Gasteiger partial charge in [0.05, 0.1) is 16.1 Å². The lowest BCUT2D eigenvalue weighted by Gasteiger charge is -2.37. The van der Waals surface area contributed by atoms with Crippen molar-refractivity contribution in [2.75, 3.05) is 26.2 Å². The summed E-state index contributed by atoms with van der Waals surface area (Å²) in [5, 5.41) is 3.42. The van der Waals surface area contributed by atoms with Gasteiger partial charge < -0.3 is 5.32 Å². The number of halogens is 2. The fourth-order valence-electron chi connectivity index (χ4n) is 3.89. The molecule has 1 N–H and O–H groups in total. The molecule has 3 rings (SSSR count). The monoisotopic (exact) mass is 447 g/mol. The molecular weight excluding hydrogens is 421 g/mol. The Morgan fingerprint density at radius 1 is 1.11 bits per heavy atom. The largest absolute Gasteiger partial charge is 0.352 e. The second-order valence-electron chi connectivity index (χ2n) is 7.51. The summed E-state index contributed by atoms with van der Waals surface area (Å²) in [6.07, 6.45) is 5.68. The Hall–Kier alpha value is -0.860. The Bertz CT molecular complexity index is 805. The van der Waals surface area contributed by atoms with E-state index in [9.17, 15) is 13.2 Å². The van der Waals surface area contributed by atoms with Crippen LogP contribution in [0.25, 0.3) is 0 Å². The van der Waals surface area contributed by atoms with Crippen LogP contribution < -0.4 is 5.32 Å². The Balaban J connectivity index is 1.59. The third kappa shape index (κ3) is 4.82. The molecule has 1 aromatic rings. The van der Waals surface area contributed by atoms with Gasteiger partial charge in [0.2, 0.25) is 15.9 Å². The molecule has 2 aliphatic rings. The fraction of sp³-hybridized carbons (Fsp3) is 0.632. The van der Waals surface area contributed by atoms with Gasteiger partial charge in [-0.3, -0.25) is 9.69 Å². The Labute approximate surface area is 177 Å². The van der Waals surface area contributed by atoms with Crippen LogP contribution in [0.3, 0.4) is 0 Å². The second-order valence-corrected chi connectivity index (χ2v) is 10.2. The van der Waals surface area contributed by atoms with Crippen molar-refractivity contribution in [2.45, 2.75) is 56.0 Å². The molecule has 1 unspecified atom stereocenters. The average Bonchev–Trinajstić information content (AvgIpc) is 2.70. The maximum Gasteiger partial charge on any atom is 0.244 e. The van der Waals surface area contributed by atoms with Gasteiger partial charge in [-0.1, -0.05) is 48.5 Å². The van der Waals surface area contributed by atoms with Crippen LogP contribution in [0.5, 0.6) is 0 Å². The summed E-state index contributed by atoms with van der Waals surface area (Å²) in [5.74, 6) is 0.0288. The number of carbonyl (C=O) groups is 1. The molecule has 1 heterocycles. The van der Waals surface area contributed by atoms with Crippen LogP contribution in [-0.2, 0) is 14.8 Å². The third-order valence-corrected chi connectivity index (χ3v) is 8.56. The van der Waals surface area contributed by atoms with E-state index in [0.29, 0.717) is 26.2 Å². The Morgan fingerprint density at radius 3 is 2.39 bits per heavy atom. The van der Waals surface area contributed by atoms with Crippen molar-refractivity contribution in [2.24, 2.45) is 0 Å². The molecule has 1 aliphatic carbocycles. The zero-order chi connectivity index (χ0) is 20.3. The molecule has 1 aromatic carbocycles. The van der Waals surface area contributed by atoms with Crippen LogP contribution in [-0.4, -0.2) is 61.8 Å². The van der Waals surface area contributed by atoms with Crippen LogP contribution in [0.15, 0.2) is 23.1 Å². The highest BCUT2D eigenvalue weighted by atomic mass is 35.5. The quantitative estimate of drug-likeness (QED) is 0.752. The Morgan fingerprint density at radius 2 is 1.75 bits per heavy atom. The molecule has 9 heteroatoms. The van der Waals surface area contributed by atoms with Gasteiger partial charge in [-0.2, -0.15) is 4.31 Å². The van der Waals surface area contributed by atoms with E-state index in [4.69, 9.17) is 23.2 Å². The minimum atomic E-state index is -3.72. The molecule has 6 nitrogen and oxygen atoms in total. The van der Waals surface area contributed by atoms with Crippen LogP contribution in [0.1, 0.15) is 39.0 Å². The van der Waals surface area contributed by atoms with Crippen molar-refractivity contribution in [3.63, 3.8) is 0 Å². The molecule has 1 saturated heterocycles. The lowest BCUT2D eigenvalue weighted by atomic mass is 9.95. The molecule has 2 fully saturated rings. The fourth-order valence-corrected chi connectivity index (χ4v) is 6.05. The maximum atomic E-state index is 12.9. The molecule has 0 radical (unpaired) electrons. The van der Waals surface area contributed by atoms with Crippen molar-refractivity contribution in [3.8, 4) is 0 Å². The molecule has 28 heavy (non-hydrogen) atoms. The molecule has 156 valence electrons. The van der Waals surface area contributed by atoms with Crippen molar-refractivity contribution in [1.29, 1.82) is 0 Å². The van der Waals surface area contributed by atoms with Gasteiger partial charge in [0, 0.05) is 32.2 Å². The molecule has 1 atom stereocenters. The summed E-state index contributed by atoms with van der Waals surface area (Å²) in [7, 11) is -3.72. The molecule has 1 aliphatic heterocycles. The molecule has 1 saturated carbocycles. The highest BCUT2D eigenvalue weighted by Crippen LogP contribution is 2.31. The van der Waals surface area contributed by atoms with Gasteiger partial charge in [-0.15, -0.1) is 0 Å². The summed E-state index contributed by atoms with van der Waals surface area (Å²) < 4.78 is 27.2. The normalized spacial score (nSPS) is 21.4. The zero-order valence-electron chi connectivity index (χ0n) is 16.0. The van der Waals surface area contributed by atoms with Crippen LogP contribution >= 0.6 is 23.2 Å². The van der Waals surface area contributed by atoms with Crippen LogP contribution in [0.2, 0.25) is 10.0 Å². The zero-order valence-corrected chi connectivity index (χ0v) is 18.4. The van der Waals surface area contributed by atoms with Gasteiger partial charge in [-0.25, -0.2) is 8.42 Å².